The van der Waals surface area contributed by atoms with Crippen LogP contribution >= 0.6 is 11.6 Å². The maximum Gasteiger partial charge on any atom is 0.244 e. The molecule has 0 amide bonds. The third-order valence-electron chi connectivity index (χ3n) is 8.28. The molecule has 2 aliphatic heterocycles. The Balaban J connectivity index is 1.45. The molecule has 0 spiro atoms. The summed E-state index contributed by atoms with van der Waals surface area (Å²) in [5.74, 6) is 0.0710. The molecular weight excluding hydrogens is 516 g/mol. The molecule has 2 bridgehead atoms. The van der Waals surface area contributed by atoms with E-state index in [0.29, 0.717) is 11.4 Å². The molecule has 0 aromatic heterocycles. The molecule has 3 aromatic carbocycles. The summed E-state index contributed by atoms with van der Waals surface area (Å²) in [7, 11) is -7.82. The van der Waals surface area contributed by atoms with Crippen LogP contribution in [0.4, 0.5) is 0 Å². The van der Waals surface area contributed by atoms with Gasteiger partial charge in [-0.1, -0.05) is 59.1 Å². The number of rotatable bonds is 5. The second-order valence-electron chi connectivity index (χ2n) is 10.2. The lowest BCUT2D eigenvalue weighted by Crippen LogP contribution is -2.58. The van der Waals surface area contributed by atoms with Crippen LogP contribution < -0.4 is 0 Å². The highest BCUT2D eigenvalue weighted by molar-refractivity contribution is 7.90. The topological polar surface area (TPSA) is 74.8 Å². The van der Waals surface area contributed by atoms with Crippen LogP contribution in [0.2, 0.25) is 5.02 Å². The van der Waals surface area contributed by atoms with Crippen molar-refractivity contribution >= 4 is 31.6 Å². The quantitative estimate of drug-likeness (QED) is 0.473. The molecule has 0 N–H and O–H groups in total. The second-order valence-corrected chi connectivity index (χ2v) is 14.4. The van der Waals surface area contributed by atoms with Crippen molar-refractivity contribution in [1.82, 2.24) is 8.61 Å². The number of fused-ring (bicyclic) bond motifs is 2. The summed E-state index contributed by atoms with van der Waals surface area (Å²) in [5, 5.41) is 0.639. The number of aryl methyl sites for hydroxylation is 2. The molecule has 36 heavy (non-hydrogen) atoms. The number of hydrogen-bond acceptors (Lipinski definition) is 4. The Bertz CT molecular complexity index is 1450. The molecule has 3 aliphatic rings. The minimum absolute atomic E-state index is 0.0355. The highest BCUT2D eigenvalue weighted by atomic mass is 35.5. The molecule has 9 heteroatoms. The number of piperidine rings is 2. The Morgan fingerprint density at radius 1 is 0.694 bits per heavy atom. The highest BCUT2D eigenvalue weighted by Gasteiger charge is 2.74. The number of halogens is 1. The van der Waals surface area contributed by atoms with E-state index in [9.17, 15) is 16.8 Å². The Morgan fingerprint density at radius 3 is 1.53 bits per heavy atom. The predicted octanol–water partition coefficient (Wildman–Crippen LogP) is 4.57. The van der Waals surface area contributed by atoms with Gasteiger partial charge in [-0.25, -0.2) is 16.8 Å². The summed E-state index contributed by atoms with van der Waals surface area (Å²) in [5.41, 5.74) is 2.78. The number of sulfonamides is 2. The van der Waals surface area contributed by atoms with E-state index in [1.807, 2.05) is 38.1 Å². The van der Waals surface area contributed by atoms with E-state index in [0.717, 1.165) is 16.7 Å². The third kappa shape index (κ3) is 3.50. The summed E-state index contributed by atoms with van der Waals surface area (Å²) < 4.78 is 58.4. The highest BCUT2D eigenvalue weighted by Crippen LogP contribution is 2.69. The Hall–Kier alpha value is -2.23. The van der Waals surface area contributed by atoms with Crippen LogP contribution in [-0.2, 0) is 25.5 Å². The molecule has 2 saturated heterocycles. The maximum absolute atomic E-state index is 13.9. The van der Waals surface area contributed by atoms with Crippen molar-refractivity contribution in [3.05, 3.63) is 94.5 Å². The third-order valence-corrected chi connectivity index (χ3v) is 12.3. The summed E-state index contributed by atoms with van der Waals surface area (Å²) >= 11 is 6.14. The van der Waals surface area contributed by atoms with Crippen LogP contribution in [0.5, 0.6) is 0 Å². The van der Waals surface area contributed by atoms with Gasteiger partial charge >= 0.3 is 0 Å². The molecule has 1 saturated carbocycles. The molecule has 2 atom stereocenters. The standard InChI is InChI=1S/C27H27ClN2O4S2/c1-18-3-11-22(12-4-18)35(31,32)29-16-24-25-17-30(36(33,34)23-13-5-19(2)6-14-23)26(29)15-27(24,25)20-7-9-21(28)10-8-20/h3-14,24-26H,15-17H2,1-2H3. The summed E-state index contributed by atoms with van der Waals surface area (Å²) in [6.45, 7) is 4.38. The molecular formula is C27H27ClN2O4S2. The smallest absolute Gasteiger partial charge is 0.207 e. The van der Waals surface area contributed by atoms with Crippen LogP contribution in [0.15, 0.2) is 82.6 Å². The lowest BCUT2D eigenvalue weighted by Gasteiger charge is -2.45. The van der Waals surface area contributed by atoms with Gasteiger partial charge < -0.3 is 0 Å². The first-order chi connectivity index (χ1) is 17.0. The fourth-order valence-corrected chi connectivity index (χ4v) is 9.70. The van der Waals surface area contributed by atoms with Crippen molar-refractivity contribution in [3.63, 3.8) is 0 Å². The lowest BCUT2D eigenvalue weighted by atomic mass is 9.83. The van der Waals surface area contributed by atoms with Crippen molar-refractivity contribution in [2.75, 3.05) is 13.1 Å². The molecule has 6 rings (SSSR count). The zero-order valence-electron chi connectivity index (χ0n) is 20.0. The van der Waals surface area contributed by atoms with Crippen LogP contribution in [0.3, 0.4) is 0 Å². The Kier molecular flexibility index (Phi) is 5.45. The van der Waals surface area contributed by atoms with Gasteiger partial charge in [-0.3, -0.25) is 0 Å². The predicted molar refractivity (Wildman–Crippen MR) is 139 cm³/mol. The SMILES string of the molecule is Cc1ccc(S(=O)(=O)N2CC3C4CN(S(=O)(=O)c5ccc(C)cc5)C2CC34c2ccc(Cl)cc2)cc1. The van der Waals surface area contributed by atoms with Crippen molar-refractivity contribution in [2.24, 2.45) is 11.8 Å². The average molecular weight is 543 g/mol. The fraction of sp³-hybridized carbons (Fsp3) is 0.333. The van der Waals surface area contributed by atoms with E-state index in [4.69, 9.17) is 11.6 Å². The van der Waals surface area contributed by atoms with Crippen LogP contribution in [0.1, 0.15) is 23.1 Å². The molecule has 188 valence electrons. The van der Waals surface area contributed by atoms with Gasteiger partial charge in [-0.05, 0) is 74.1 Å². The number of hydrogen-bond donors (Lipinski definition) is 0. The van der Waals surface area contributed by atoms with Crippen LogP contribution in [0.25, 0.3) is 0 Å². The van der Waals surface area contributed by atoms with Crippen molar-refractivity contribution in [1.29, 1.82) is 0 Å². The number of benzene rings is 3. The summed E-state index contributed by atoms with van der Waals surface area (Å²) in [4.78, 5) is 0.368. The first-order valence-electron chi connectivity index (χ1n) is 12.0. The van der Waals surface area contributed by atoms with Gasteiger partial charge in [0.15, 0.2) is 0 Å². The van der Waals surface area contributed by atoms with E-state index in [1.54, 1.807) is 48.5 Å². The van der Waals surface area contributed by atoms with Crippen LogP contribution in [0, 0.1) is 25.7 Å². The first kappa shape index (κ1) is 24.1. The second kappa shape index (κ2) is 8.13. The molecule has 0 radical (unpaired) electrons. The maximum atomic E-state index is 13.9. The van der Waals surface area contributed by atoms with Crippen molar-refractivity contribution in [3.8, 4) is 0 Å². The van der Waals surface area contributed by atoms with E-state index in [1.165, 1.54) is 8.61 Å². The first-order valence-corrected chi connectivity index (χ1v) is 15.2. The molecule has 2 unspecified atom stereocenters. The summed E-state index contributed by atoms with van der Waals surface area (Å²) in [6.07, 6.45) is -0.395. The largest absolute Gasteiger partial charge is 0.244 e. The van der Waals surface area contributed by atoms with E-state index >= 15 is 0 Å². The van der Waals surface area contributed by atoms with Gasteiger partial charge in [-0.15, -0.1) is 0 Å². The Morgan fingerprint density at radius 2 is 1.11 bits per heavy atom. The monoisotopic (exact) mass is 542 g/mol. The molecule has 2 heterocycles. The molecule has 1 aliphatic carbocycles. The van der Waals surface area contributed by atoms with Crippen molar-refractivity contribution < 1.29 is 16.8 Å². The van der Waals surface area contributed by atoms with E-state index in [2.05, 4.69) is 0 Å². The van der Waals surface area contributed by atoms with Gasteiger partial charge in [0, 0.05) is 23.5 Å². The van der Waals surface area contributed by atoms with Gasteiger partial charge in [-0.2, -0.15) is 8.61 Å². The minimum atomic E-state index is -3.91. The Labute approximate surface area is 217 Å². The summed E-state index contributed by atoms with van der Waals surface area (Å²) in [6, 6.07) is 21.2. The van der Waals surface area contributed by atoms with Crippen molar-refractivity contribution in [2.45, 2.75) is 41.6 Å². The van der Waals surface area contributed by atoms with E-state index < -0.39 is 26.2 Å². The molecule has 6 nitrogen and oxygen atoms in total. The zero-order chi connectivity index (χ0) is 25.5. The number of nitrogens with zero attached hydrogens (tertiary/aromatic N) is 2. The van der Waals surface area contributed by atoms with Crippen LogP contribution in [-0.4, -0.2) is 44.7 Å². The lowest BCUT2D eigenvalue weighted by molar-refractivity contribution is 0.109. The van der Waals surface area contributed by atoms with Gasteiger partial charge in [0.25, 0.3) is 0 Å². The van der Waals surface area contributed by atoms with Gasteiger partial charge in [0.1, 0.15) is 0 Å². The minimum Gasteiger partial charge on any atom is -0.207 e. The molecule has 3 aromatic rings. The van der Waals surface area contributed by atoms with Gasteiger partial charge in [0.2, 0.25) is 20.0 Å². The van der Waals surface area contributed by atoms with E-state index in [-0.39, 0.29) is 40.1 Å². The normalized spacial score (nSPS) is 28.1. The zero-order valence-corrected chi connectivity index (χ0v) is 22.4. The average Bonchev–Trinajstić information content (AvgIpc) is 3.56. The van der Waals surface area contributed by atoms with Gasteiger partial charge in [0.05, 0.1) is 16.0 Å². The molecule has 3 fully saturated rings. The fourth-order valence-electron chi connectivity index (χ4n) is 6.28.